The Morgan fingerprint density at radius 1 is 0.969 bits per heavy atom. The van der Waals surface area contributed by atoms with E-state index in [2.05, 4.69) is 38.1 Å². The first kappa shape index (κ1) is 23.0. The van der Waals surface area contributed by atoms with Crippen molar-refractivity contribution < 1.29 is 13.9 Å². The van der Waals surface area contributed by atoms with Gasteiger partial charge in [-0.3, -0.25) is 0 Å². The van der Waals surface area contributed by atoms with Crippen molar-refractivity contribution in [3.05, 3.63) is 70.0 Å². The van der Waals surface area contributed by atoms with Crippen LogP contribution in [0.4, 0.5) is 4.39 Å². The van der Waals surface area contributed by atoms with Gasteiger partial charge >= 0.3 is 5.97 Å². The van der Waals surface area contributed by atoms with Gasteiger partial charge in [-0.05, 0) is 78.5 Å². The van der Waals surface area contributed by atoms with E-state index in [0.29, 0.717) is 36.2 Å². The van der Waals surface area contributed by atoms with E-state index in [9.17, 15) is 9.18 Å². The zero-order valence-corrected chi connectivity index (χ0v) is 19.8. The number of hydrogen-bond donors (Lipinski definition) is 0. The highest BCUT2D eigenvalue weighted by atomic mass is 19.1. The molecule has 1 heterocycles. The first-order valence-electron chi connectivity index (χ1n) is 12.6. The van der Waals surface area contributed by atoms with Crippen molar-refractivity contribution in [2.75, 3.05) is 0 Å². The molecule has 1 fully saturated rings. The summed E-state index contributed by atoms with van der Waals surface area (Å²) in [4.78, 5) is 12.7. The molecule has 2 atom stereocenters. The molecule has 172 valence electrons. The standard InChI is InChI=1S/C29H37FO2/c1-4-6-20-8-10-21(11-9-20)19(3)22-12-14-23(15-13-22)26-18-25-17-16-24(7-5-2)28(30)27(25)29(31)32-26/h8-11,16-17,19,22-23,26H,4-7,12-15,18H2,1-3H3. The number of carbonyl (C=O) groups is 1. The summed E-state index contributed by atoms with van der Waals surface area (Å²) in [6, 6.07) is 13.0. The molecule has 4 rings (SSSR count). The molecule has 2 aromatic carbocycles. The minimum absolute atomic E-state index is 0.115. The van der Waals surface area contributed by atoms with Gasteiger partial charge in [-0.1, -0.05) is 70.0 Å². The van der Waals surface area contributed by atoms with Crippen molar-refractivity contribution in [3.8, 4) is 0 Å². The highest BCUT2D eigenvalue weighted by Crippen LogP contribution is 2.41. The first-order valence-corrected chi connectivity index (χ1v) is 12.6. The van der Waals surface area contributed by atoms with Gasteiger partial charge in [-0.25, -0.2) is 9.18 Å². The third-order valence-corrected chi connectivity index (χ3v) is 7.80. The summed E-state index contributed by atoms with van der Waals surface area (Å²) in [5.74, 6) is 0.766. The lowest BCUT2D eigenvalue weighted by Crippen LogP contribution is -2.37. The second-order valence-electron chi connectivity index (χ2n) is 9.93. The van der Waals surface area contributed by atoms with Gasteiger partial charge in [0.15, 0.2) is 0 Å². The number of ether oxygens (including phenoxy) is 1. The molecule has 32 heavy (non-hydrogen) atoms. The summed E-state index contributed by atoms with van der Waals surface area (Å²) < 4.78 is 20.6. The van der Waals surface area contributed by atoms with E-state index in [1.54, 1.807) is 0 Å². The van der Waals surface area contributed by atoms with Crippen LogP contribution >= 0.6 is 0 Å². The number of aryl methyl sites for hydroxylation is 2. The fourth-order valence-corrected chi connectivity index (χ4v) is 5.80. The van der Waals surface area contributed by atoms with Crippen molar-refractivity contribution in [1.29, 1.82) is 0 Å². The highest BCUT2D eigenvalue weighted by molar-refractivity contribution is 5.92. The summed E-state index contributed by atoms with van der Waals surface area (Å²) in [5, 5.41) is 0. The van der Waals surface area contributed by atoms with Crippen LogP contribution in [0, 0.1) is 17.7 Å². The minimum Gasteiger partial charge on any atom is -0.458 e. The maximum atomic E-state index is 14.8. The van der Waals surface area contributed by atoms with Gasteiger partial charge in [0, 0.05) is 6.42 Å². The van der Waals surface area contributed by atoms with E-state index in [1.807, 2.05) is 19.1 Å². The maximum absolute atomic E-state index is 14.8. The number of rotatable bonds is 7. The molecule has 2 aromatic rings. The van der Waals surface area contributed by atoms with Crippen LogP contribution < -0.4 is 0 Å². The van der Waals surface area contributed by atoms with Crippen LogP contribution in [0.15, 0.2) is 36.4 Å². The van der Waals surface area contributed by atoms with E-state index in [-0.39, 0.29) is 17.5 Å². The smallest absolute Gasteiger partial charge is 0.341 e. The van der Waals surface area contributed by atoms with Gasteiger partial charge in [-0.15, -0.1) is 0 Å². The fourth-order valence-electron chi connectivity index (χ4n) is 5.80. The number of hydrogen-bond acceptors (Lipinski definition) is 2. The second kappa shape index (κ2) is 10.2. The predicted octanol–water partition coefficient (Wildman–Crippen LogP) is 7.42. The molecular weight excluding hydrogens is 399 g/mol. The summed E-state index contributed by atoms with van der Waals surface area (Å²) in [5.41, 5.74) is 4.49. The van der Waals surface area contributed by atoms with Gasteiger partial charge in [0.25, 0.3) is 0 Å². The monoisotopic (exact) mass is 436 g/mol. The zero-order valence-electron chi connectivity index (χ0n) is 19.8. The molecular formula is C29H37FO2. The zero-order chi connectivity index (χ0) is 22.7. The Kier molecular flexibility index (Phi) is 7.33. The van der Waals surface area contributed by atoms with Crippen LogP contribution in [0.2, 0.25) is 0 Å². The Labute approximate surface area is 192 Å². The van der Waals surface area contributed by atoms with E-state index in [1.165, 1.54) is 17.5 Å². The molecule has 0 amide bonds. The Morgan fingerprint density at radius 3 is 2.31 bits per heavy atom. The van der Waals surface area contributed by atoms with Crippen LogP contribution in [0.25, 0.3) is 0 Å². The Balaban J connectivity index is 1.37. The molecule has 3 heteroatoms. The van der Waals surface area contributed by atoms with Crippen molar-refractivity contribution in [2.45, 2.75) is 90.6 Å². The van der Waals surface area contributed by atoms with Gasteiger partial charge in [0.1, 0.15) is 11.9 Å². The number of cyclic esters (lactones) is 1. The molecule has 1 aliphatic heterocycles. The summed E-state index contributed by atoms with van der Waals surface area (Å²) in [6.45, 7) is 6.59. The van der Waals surface area contributed by atoms with Crippen molar-refractivity contribution in [1.82, 2.24) is 0 Å². The average molecular weight is 437 g/mol. The van der Waals surface area contributed by atoms with Crippen LogP contribution in [-0.2, 0) is 24.0 Å². The molecule has 0 bridgehead atoms. The number of carbonyl (C=O) groups excluding carboxylic acids is 1. The Bertz CT molecular complexity index is 925. The fraction of sp³-hybridized carbons (Fsp3) is 0.552. The molecule has 2 aliphatic rings. The van der Waals surface area contributed by atoms with Crippen LogP contribution in [0.1, 0.15) is 97.8 Å². The van der Waals surface area contributed by atoms with Gasteiger partial charge < -0.3 is 4.74 Å². The van der Waals surface area contributed by atoms with Crippen LogP contribution in [-0.4, -0.2) is 12.1 Å². The lowest BCUT2D eigenvalue weighted by molar-refractivity contribution is -0.00137. The number of halogens is 1. The van der Waals surface area contributed by atoms with Crippen LogP contribution in [0.3, 0.4) is 0 Å². The van der Waals surface area contributed by atoms with Gasteiger partial charge in [0.2, 0.25) is 0 Å². The van der Waals surface area contributed by atoms with Crippen molar-refractivity contribution in [2.24, 2.45) is 11.8 Å². The maximum Gasteiger partial charge on any atom is 0.341 e. The largest absolute Gasteiger partial charge is 0.458 e. The molecule has 1 saturated carbocycles. The van der Waals surface area contributed by atoms with Gasteiger partial charge in [-0.2, -0.15) is 0 Å². The molecule has 2 nitrogen and oxygen atoms in total. The lowest BCUT2D eigenvalue weighted by atomic mass is 9.72. The Morgan fingerprint density at radius 2 is 1.66 bits per heavy atom. The quantitative estimate of drug-likeness (QED) is 0.422. The molecule has 1 aliphatic carbocycles. The molecule has 0 saturated heterocycles. The van der Waals surface area contributed by atoms with E-state index in [4.69, 9.17) is 4.74 Å². The van der Waals surface area contributed by atoms with E-state index >= 15 is 0 Å². The minimum atomic E-state index is -0.464. The number of esters is 1. The van der Waals surface area contributed by atoms with Crippen LogP contribution in [0.5, 0.6) is 0 Å². The predicted molar refractivity (Wildman–Crippen MR) is 128 cm³/mol. The number of fused-ring (bicyclic) bond motifs is 1. The molecule has 0 radical (unpaired) electrons. The SMILES string of the molecule is CCCc1ccc(C(C)C2CCC(C3Cc4ccc(CCC)c(F)c4C(=O)O3)CC2)cc1. The van der Waals surface area contributed by atoms with E-state index in [0.717, 1.165) is 44.1 Å². The molecule has 0 spiro atoms. The van der Waals surface area contributed by atoms with E-state index < -0.39 is 5.97 Å². The summed E-state index contributed by atoms with van der Waals surface area (Å²) in [7, 11) is 0. The summed E-state index contributed by atoms with van der Waals surface area (Å²) >= 11 is 0. The third-order valence-electron chi connectivity index (χ3n) is 7.80. The first-order chi connectivity index (χ1) is 15.5. The summed E-state index contributed by atoms with van der Waals surface area (Å²) in [6.07, 6.45) is 8.84. The van der Waals surface area contributed by atoms with Gasteiger partial charge in [0.05, 0.1) is 5.56 Å². The molecule has 0 aromatic heterocycles. The Hall–Kier alpha value is -2.16. The van der Waals surface area contributed by atoms with Crippen molar-refractivity contribution >= 4 is 5.97 Å². The highest BCUT2D eigenvalue weighted by Gasteiger charge is 2.37. The lowest BCUT2D eigenvalue weighted by Gasteiger charge is -2.37. The normalized spacial score (nSPS) is 24.0. The van der Waals surface area contributed by atoms with Crippen molar-refractivity contribution in [3.63, 3.8) is 0 Å². The molecule has 0 N–H and O–H groups in total. The third kappa shape index (κ3) is 4.77. The average Bonchev–Trinajstić information content (AvgIpc) is 2.81. The number of benzene rings is 2. The molecule has 2 unspecified atom stereocenters. The topological polar surface area (TPSA) is 26.3 Å². The second-order valence-corrected chi connectivity index (χ2v) is 9.93.